The standard InChI is InChI=1S/C22H16ClIN2O5S/c1-3-7-31-20-16(24)8-13(9-17(20)30-2)10-18-21(28)26(22(29)32-18)12-19(27)25-15-6-4-5-14(23)11-15/h1,4-6,8-11H,7,12H2,2H3,(H,25,27)/b18-10+. The van der Waals surface area contributed by atoms with Crippen molar-refractivity contribution in [3.8, 4) is 23.8 Å². The van der Waals surface area contributed by atoms with Crippen molar-refractivity contribution in [2.24, 2.45) is 0 Å². The lowest BCUT2D eigenvalue weighted by Crippen LogP contribution is -2.36. The number of methoxy groups -OCH3 is 1. The van der Waals surface area contributed by atoms with Crippen LogP contribution in [0.2, 0.25) is 5.02 Å². The number of halogens is 2. The van der Waals surface area contributed by atoms with Gasteiger partial charge in [0.2, 0.25) is 5.91 Å². The number of anilines is 1. The largest absolute Gasteiger partial charge is 0.493 e. The fraction of sp³-hybridized carbons (Fsp3) is 0.136. The highest BCUT2D eigenvalue weighted by Gasteiger charge is 2.36. The number of hydrogen-bond donors (Lipinski definition) is 1. The van der Waals surface area contributed by atoms with Crippen LogP contribution in [0, 0.1) is 15.9 Å². The van der Waals surface area contributed by atoms with Gasteiger partial charge in [0.05, 0.1) is 15.6 Å². The molecule has 3 amide bonds. The molecule has 0 unspecified atom stereocenters. The maximum atomic E-state index is 12.7. The van der Waals surface area contributed by atoms with Crippen molar-refractivity contribution in [3.63, 3.8) is 0 Å². The van der Waals surface area contributed by atoms with Crippen LogP contribution in [0.4, 0.5) is 10.5 Å². The molecule has 0 aliphatic carbocycles. The number of carbonyl (C=O) groups is 3. The van der Waals surface area contributed by atoms with Crippen molar-refractivity contribution >= 4 is 74.8 Å². The topological polar surface area (TPSA) is 84.9 Å². The molecule has 0 atom stereocenters. The summed E-state index contributed by atoms with van der Waals surface area (Å²) in [5.74, 6) is 2.27. The van der Waals surface area contributed by atoms with Gasteiger partial charge in [0.1, 0.15) is 13.2 Å². The molecule has 3 rings (SSSR count). The first kappa shape index (κ1) is 24.0. The average Bonchev–Trinajstić information content (AvgIpc) is 3.00. The summed E-state index contributed by atoms with van der Waals surface area (Å²) in [5, 5.41) is 2.54. The summed E-state index contributed by atoms with van der Waals surface area (Å²) in [6.07, 6.45) is 6.81. The minimum absolute atomic E-state index is 0.0852. The van der Waals surface area contributed by atoms with Crippen molar-refractivity contribution in [1.82, 2.24) is 4.90 Å². The predicted molar refractivity (Wildman–Crippen MR) is 133 cm³/mol. The molecule has 0 bridgehead atoms. The van der Waals surface area contributed by atoms with E-state index in [0.29, 0.717) is 27.8 Å². The first-order valence-corrected chi connectivity index (χ1v) is 11.3. The van der Waals surface area contributed by atoms with Gasteiger partial charge in [-0.2, -0.15) is 0 Å². The molecule has 7 nitrogen and oxygen atoms in total. The number of imide groups is 1. The smallest absolute Gasteiger partial charge is 0.294 e. The lowest BCUT2D eigenvalue weighted by atomic mass is 10.2. The number of carbonyl (C=O) groups excluding carboxylic acids is 3. The molecule has 164 valence electrons. The predicted octanol–water partition coefficient (Wildman–Crippen LogP) is 4.64. The molecule has 1 heterocycles. The molecule has 2 aromatic carbocycles. The third-order valence-corrected chi connectivity index (χ3v) is 6.08. The number of amides is 3. The van der Waals surface area contributed by atoms with E-state index in [-0.39, 0.29) is 11.5 Å². The van der Waals surface area contributed by atoms with Crippen LogP contribution in [0.15, 0.2) is 41.3 Å². The summed E-state index contributed by atoms with van der Waals surface area (Å²) in [7, 11) is 1.49. The third-order valence-electron chi connectivity index (χ3n) is 4.13. The Balaban J connectivity index is 1.76. The van der Waals surface area contributed by atoms with E-state index in [1.165, 1.54) is 7.11 Å². The zero-order valence-corrected chi connectivity index (χ0v) is 20.4. The van der Waals surface area contributed by atoms with Gasteiger partial charge in [0.15, 0.2) is 11.5 Å². The van der Waals surface area contributed by atoms with Crippen molar-refractivity contribution < 1.29 is 23.9 Å². The quantitative estimate of drug-likeness (QED) is 0.291. The van der Waals surface area contributed by atoms with Crippen LogP contribution in [0.3, 0.4) is 0 Å². The van der Waals surface area contributed by atoms with E-state index in [2.05, 4.69) is 33.8 Å². The molecule has 2 aromatic rings. The summed E-state index contributed by atoms with van der Waals surface area (Å²) in [6.45, 7) is -0.323. The lowest BCUT2D eigenvalue weighted by Gasteiger charge is -2.13. The summed E-state index contributed by atoms with van der Waals surface area (Å²) >= 11 is 8.73. The molecule has 32 heavy (non-hydrogen) atoms. The normalized spacial score (nSPS) is 14.4. The Morgan fingerprint density at radius 1 is 1.34 bits per heavy atom. The highest BCUT2D eigenvalue weighted by Crippen LogP contribution is 2.37. The van der Waals surface area contributed by atoms with Crippen molar-refractivity contribution in [2.75, 3.05) is 25.6 Å². The van der Waals surface area contributed by atoms with Gasteiger partial charge < -0.3 is 14.8 Å². The summed E-state index contributed by atoms with van der Waals surface area (Å²) in [5.41, 5.74) is 1.10. The van der Waals surface area contributed by atoms with Crippen molar-refractivity contribution in [1.29, 1.82) is 0 Å². The fourth-order valence-electron chi connectivity index (χ4n) is 2.78. The molecule has 1 aliphatic heterocycles. The second-order valence-corrected chi connectivity index (χ2v) is 8.95. The minimum atomic E-state index is -0.553. The molecule has 1 saturated heterocycles. The van der Waals surface area contributed by atoms with Gasteiger partial charge in [-0.25, -0.2) is 0 Å². The number of thioether (sulfide) groups is 1. The van der Waals surface area contributed by atoms with Gasteiger partial charge >= 0.3 is 0 Å². The fourth-order valence-corrected chi connectivity index (χ4v) is 4.58. The Bertz CT molecular complexity index is 1160. The van der Waals surface area contributed by atoms with Gasteiger partial charge in [-0.15, -0.1) is 6.42 Å². The number of benzene rings is 2. The molecule has 0 spiro atoms. The van der Waals surface area contributed by atoms with Crippen LogP contribution in [-0.2, 0) is 9.59 Å². The van der Waals surface area contributed by atoms with Crippen LogP contribution in [0.1, 0.15) is 5.56 Å². The molecule has 0 radical (unpaired) electrons. The average molecular weight is 583 g/mol. The Morgan fingerprint density at radius 3 is 2.81 bits per heavy atom. The van der Waals surface area contributed by atoms with Crippen LogP contribution in [-0.4, -0.2) is 42.2 Å². The number of nitrogens with one attached hydrogen (secondary N) is 1. The van der Waals surface area contributed by atoms with E-state index in [9.17, 15) is 14.4 Å². The molecule has 10 heteroatoms. The van der Waals surface area contributed by atoms with Crippen molar-refractivity contribution in [3.05, 3.63) is 55.5 Å². The monoisotopic (exact) mass is 582 g/mol. The van der Waals surface area contributed by atoms with E-state index in [0.717, 1.165) is 20.2 Å². The SMILES string of the molecule is C#CCOc1c(I)cc(/C=C2/SC(=O)N(CC(=O)Nc3cccc(Cl)c3)C2=O)cc1OC. The van der Waals surface area contributed by atoms with Gasteiger partial charge in [0.25, 0.3) is 11.1 Å². The number of terminal acetylenes is 1. The van der Waals surface area contributed by atoms with E-state index in [4.69, 9.17) is 27.5 Å². The van der Waals surface area contributed by atoms with Gasteiger partial charge in [-0.05, 0) is 76.3 Å². The zero-order valence-electron chi connectivity index (χ0n) is 16.7. The molecular formula is C22H16ClIN2O5S. The Labute approximate surface area is 207 Å². The summed E-state index contributed by atoms with van der Waals surface area (Å²) in [4.78, 5) is 38.5. The van der Waals surface area contributed by atoms with Crippen molar-refractivity contribution in [2.45, 2.75) is 0 Å². The van der Waals surface area contributed by atoms with Crippen LogP contribution < -0.4 is 14.8 Å². The number of hydrogen-bond acceptors (Lipinski definition) is 6. The highest BCUT2D eigenvalue weighted by molar-refractivity contribution is 14.1. The van der Waals surface area contributed by atoms with Crippen LogP contribution in [0.25, 0.3) is 6.08 Å². The molecule has 1 N–H and O–H groups in total. The third kappa shape index (κ3) is 5.76. The molecule has 0 saturated carbocycles. The highest BCUT2D eigenvalue weighted by atomic mass is 127. The van der Waals surface area contributed by atoms with E-state index < -0.39 is 23.6 Å². The second kappa shape index (κ2) is 10.8. The number of rotatable bonds is 7. The van der Waals surface area contributed by atoms with Crippen LogP contribution >= 0.6 is 46.0 Å². The molecule has 0 aromatic heterocycles. The Kier molecular flexibility index (Phi) is 8.06. The van der Waals surface area contributed by atoms with Gasteiger partial charge in [-0.3, -0.25) is 19.3 Å². The summed E-state index contributed by atoms with van der Waals surface area (Å²) < 4.78 is 11.6. The minimum Gasteiger partial charge on any atom is -0.493 e. The number of nitrogens with zero attached hydrogens (tertiary/aromatic N) is 1. The number of ether oxygens (including phenoxy) is 2. The van der Waals surface area contributed by atoms with Gasteiger partial charge in [-0.1, -0.05) is 23.6 Å². The first-order valence-electron chi connectivity index (χ1n) is 9.07. The van der Waals surface area contributed by atoms with Gasteiger partial charge in [0, 0.05) is 10.7 Å². The molecule has 1 aliphatic rings. The van der Waals surface area contributed by atoms with E-state index in [1.54, 1.807) is 42.5 Å². The summed E-state index contributed by atoms with van der Waals surface area (Å²) in [6, 6.07) is 10.0. The zero-order chi connectivity index (χ0) is 23.3. The lowest BCUT2D eigenvalue weighted by molar-refractivity contribution is -0.127. The second-order valence-electron chi connectivity index (χ2n) is 6.35. The maximum absolute atomic E-state index is 12.7. The Hall–Kier alpha value is -2.68. The molecular weight excluding hydrogens is 567 g/mol. The van der Waals surface area contributed by atoms with Crippen LogP contribution in [0.5, 0.6) is 11.5 Å². The molecule has 1 fully saturated rings. The van der Waals surface area contributed by atoms with E-state index in [1.807, 2.05) is 0 Å². The Morgan fingerprint density at radius 2 is 2.12 bits per heavy atom. The first-order chi connectivity index (χ1) is 15.3. The maximum Gasteiger partial charge on any atom is 0.294 e. The van der Waals surface area contributed by atoms with E-state index >= 15 is 0 Å².